The van der Waals surface area contributed by atoms with Gasteiger partial charge in [0.15, 0.2) is 0 Å². The maximum Gasteiger partial charge on any atom is 0.106 e. The molecule has 0 aliphatic rings. The summed E-state index contributed by atoms with van der Waals surface area (Å²) in [6, 6.07) is 0.155. The minimum absolute atomic E-state index is 0.155. The first kappa shape index (κ1) is 9.29. The maximum absolute atomic E-state index is 5.47. The Morgan fingerprint density at radius 2 is 1.83 bits per heavy atom. The summed E-state index contributed by atoms with van der Waals surface area (Å²) in [5.41, 5.74) is 5.08. The van der Waals surface area contributed by atoms with Crippen LogP contribution < -0.4 is 11.3 Å². The zero-order valence-electron chi connectivity index (χ0n) is 8.06. The lowest BCUT2D eigenvalue weighted by molar-refractivity contribution is 0.491. The molecule has 0 aliphatic carbocycles. The molecule has 3 nitrogen and oxygen atoms in total. The fourth-order valence-electron chi connectivity index (χ4n) is 1.53. The van der Waals surface area contributed by atoms with Crippen LogP contribution in [-0.4, -0.2) is 0 Å². The molecule has 1 atom stereocenters. The molecule has 0 radical (unpaired) electrons. The van der Waals surface area contributed by atoms with Gasteiger partial charge in [-0.2, -0.15) is 0 Å². The van der Waals surface area contributed by atoms with Gasteiger partial charge in [0.2, 0.25) is 0 Å². The number of hydrogen-bond donors (Lipinski definition) is 2. The van der Waals surface area contributed by atoms with Crippen LogP contribution in [0.15, 0.2) is 4.42 Å². The Balaban J connectivity index is 3.13. The second-order valence-corrected chi connectivity index (χ2v) is 3.14. The number of nitrogens with one attached hydrogen (secondary N) is 1. The van der Waals surface area contributed by atoms with Gasteiger partial charge < -0.3 is 4.42 Å². The lowest BCUT2D eigenvalue weighted by atomic mass is 10.0. The third kappa shape index (κ3) is 1.38. The molecule has 0 aromatic carbocycles. The average molecular weight is 168 g/mol. The molecule has 3 N–H and O–H groups in total. The first-order chi connectivity index (χ1) is 5.57. The van der Waals surface area contributed by atoms with Crippen LogP contribution in [0.5, 0.6) is 0 Å². The highest BCUT2D eigenvalue weighted by Crippen LogP contribution is 2.25. The van der Waals surface area contributed by atoms with Gasteiger partial charge in [-0.05, 0) is 33.3 Å². The number of furan rings is 1. The van der Waals surface area contributed by atoms with Crippen molar-refractivity contribution in [1.82, 2.24) is 5.43 Å². The van der Waals surface area contributed by atoms with Gasteiger partial charge in [-0.1, -0.05) is 0 Å². The van der Waals surface area contributed by atoms with E-state index in [1.165, 1.54) is 11.1 Å². The minimum Gasteiger partial charge on any atom is -0.466 e. The van der Waals surface area contributed by atoms with Crippen molar-refractivity contribution in [2.24, 2.45) is 5.84 Å². The highest BCUT2D eigenvalue weighted by molar-refractivity contribution is 5.33. The van der Waals surface area contributed by atoms with E-state index in [0.29, 0.717) is 0 Å². The quantitative estimate of drug-likeness (QED) is 0.522. The summed E-state index contributed by atoms with van der Waals surface area (Å²) < 4.78 is 5.47. The summed E-state index contributed by atoms with van der Waals surface area (Å²) in [5, 5.41) is 0. The fraction of sp³-hybridized carbons (Fsp3) is 0.556. The molecule has 1 heterocycles. The Morgan fingerprint density at radius 1 is 1.25 bits per heavy atom. The van der Waals surface area contributed by atoms with Gasteiger partial charge in [-0.15, -0.1) is 0 Å². The molecule has 1 aromatic rings. The van der Waals surface area contributed by atoms with E-state index < -0.39 is 0 Å². The molecule has 0 saturated carbocycles. The molecular formula is C9H16N2O. The van der Waals surface area contributed by atoms with Gasteiger partial charge in [0, 0.05) is 11.6 Å². The molecule has 0 amide bonds. The fourth-order valence-corrected chi connectivity index (χ4v) is 1.53. The predicted molar refractivity (Wildman–Crippen MR) is 48.7 cm³/mol. The van der Waals surface area contributed by atoms with E-state index in [-0.39, 0.29) is 6.04 Å². The van der Waals surface area contributed by atoms with Crippen LogP contribution in [-0.2, 0) is 0 Å². The van der Waals surface area contributed by atoms with Gasteiger partial charge in [-0.3, -0.25) is 11.3 Å². The van der Waals surface area contributed by atoms with E-state index in [9.17, 15) is 0 Å². The van der Waals surface area contributed by atoms with Crippen LogP contribution in [0.25, 0.3) is 0 Å². The van der Waals surface area contributed by atoms with E-state index in [1.807, 2.05) is 20.8 Å². The predicted octanol–water partition coefficient (Wildman–Crippen LogP) is 1.73. The molecule has 68 valence electrons. The third-order valence-electron chi connectivity index (χ3n) is 2.30. The van der Waals surface area contributed by atoms with Gasteiger partial charge >= 0.3 is 0 Å². The van der Waals surface area contributed by atoms with Crippen molar-refractivity contribution in [3.8, 4) is 0 Å². The number of nitrogens with two attached hydrogens (primary N) is 1. The summed E-state index contributed by atoms with van der Waals surface area (Å²) in [6.45, 7) is 8.00. The van der Waals surface area contributed by atoms with Crippen molar-refractivity contribution in [1.29, 1.82) is 0 Å². The van der Waals surface area contributed by atoms with Crippen molar-refractivity contribution in [2.75, 3.05) is 0 Å². The Labute approximate surface area is 72.9 Å². The molecule has 0 spiro atoms. The molecule has 3 heteroatoms. The second kappa shape index (κ2) is 3.29. The topological polar surface area (TPSA) is 51.2 Å². The van der Waals surface area contributed by atoms with Crippen molar-refractivity contribution in [3.05, 3.63) is 22.6 Å². The van der Waals surface area contributed by atoms with E-state index in [0.717, 1.165) is 11.5 Å². The lowest BCUT2D eigenvalue weighted by Gasteiger charge is -2.09. The van der Waals surface area contributed by atoms with Crippen molar-refractivity contribution < 1.29 is 4.42 Å². The molecule has 1 aromatic heterocycles. The summed E-state index contributed by atoms with van der Waals surface area (Å²) in [4.78, 5) is 0. The summed E-state index contributed by atoms with van der Waals surface area (Å²) in [6.07, 6.45) is 0. The lowest BCUT2D eigenvalue weighted by Crippen LogP contribution is -2.26. The molecule has 0 aliphatic heterocycles. The molecule has 12 heavy (non-hydrogen) atoms. The highest BCUT2D eigenvalue weighted by atomic mass is 16.3. The molecule has 1 unspecified atom stereocenters. The minimum atomic E-state index is 0.155. The number of hydrazine groups is 1. The van der Waals surface area contributed by atoms with Gasteiger partial charge in [0.05, 0.1) is 0 Å². The van der Waals surface area contributed by atoms with Gasteiger partial charge in [0.25, 0.3) is 0 Å². The van der Waals surface area contributed by atoms with E-state index >= 15 is 0 Å². The summed E-state index contributed by atoms with van der Waals surface area (Å²) in [5.74, 6) is 7.29. The van der Waals surface area contributed by atoms with Crippen LogP contribution >= 0.6 is 0 Å². The molecule has 0 bridgehead atoms. The smallest absolute Gasteiger partial charge is 0.106 e. The largest absolute Gasteiger partial charge is 0.466 e. The van der Waals surface area contributed by atoms with Crippen LogP contribution in [0.1, 0.15) is 35.6 Å². The zero-order valence-corrected chi connectivity index (χ0v) is 8.06. The molecule has 1 rings (SSSR count). The van der Waals surface area contributed by atoms with E-state index in [4.69, 9.17) is 10.3 Å². The Hall–Kier alpha value is -0.800. The zero-order chi connectivity index (χ0) is 9.30. The second-order valence-electron chi connectivity index (χ2n) is 3.14. The summed E-state index contributed by atoms with van der Waals surface area (Å²) >= 11 is 0. The maximum atomic E-state index is 5.47. The Bertz CT molecular complexity index is 278. The molecule has 0 saturated heterocycles. The van der Waals surface area contributed by atoms with Gasteiger partial charge in [-0.25, -0.2) is 0 Å². The standard InChI is InChI=1S/C9H16N2O/c1-5-7(3)12-8(4)9(5)6(2)11-10/h6,11H,10H2,1-4H3. The van der Waals surface area contributed by atoms with Crippen molar-refractivity contribution >= 4 is 0 Å². The van der Waals surface area contributed by atoms with E-state index in [2.05, 4.69) is 12.3 Å². The molecule has 0 fully saturated rings. The average Bonchev–Trinajstić information content (AvgIpc) is 2.26. The van der Waals surface area contributed by atoms with Crippen molar-refractivity contribution in [2.45, 2.75) is 33.7 Å². The SMILES string of the molecule is Cc1oc(C)c(C(C)NN)c1C. The normalized spacial score (nSPS) is 13.4. The van der Waals surface area contributed by atoms with Crippen LogP contribution in [0, 0.1) is 20.8 Å². The third-order valence-corrected chi connectivity index (χ3v) is 2.30. The number of rotatable bonds is 2. The van der Waals surface area contributed by atoms with Crippen LogP contribution in [0.4, 0.5) is 0 Å². The Morgan fingerprint density at radius 3 is 2.17 bits per heavy atom. The monoisotopic (exact) mass is 168 g/mol. The molecular weight excluding hydrogens is 152 g/mol. The van der Waals surface area contributed by atoms with Gasteiger partial charge in [0.1, 0.15) is 11.5 Å². The highest BCUT2D eigenvalue weighted by Gasteiger charge is 2.15. The van der Waals surface area contributed by atoms with E-state index in [1.54, 1.807) is 0 Å². The number of aryl methyl sites for hydroxylation is 2. The first-order valence-corrected chi connectivity index (χ1v) is 4.10. The Kier molecular flexibility index (Phi) is 2.55. The summed E-state index contributed by atoms with van der Waals surface area (Å²) in [7, 11) is 0. The first-order valence-electron chi connectivity index (χ1n) is 4.10. The van der Waals surface area contributed by atoms with Crippen LogP contribution in [0.3, 0.4) is 0 Å². The van der Waals surface area contributed by atoms with Crippen molar-refractivity contribution in [3.63, 3.8) is 0 Å². The van der Waals surface area contributed by atoms with Crippen LogP contribution in [0.2, 0.25) is 0 Å². The number of hydrogen-bond acceptors (Lipinski definition) is 3.